The Morgan fingerprint density at radius 2 is 2.19 bits per heavy atom. The number of carbonyl (C=O) groups is 1. The first-order chi connectivity index (χ1) is 7.58. The summed E-state index contributed by atoms with van der Waals surface area (Å²) < 4.78 is 4.82. The molecule has 16 heavy (non-hydrogen) atoms. The Bertz CT molecular complexity index is 349. The molecule has 1 aromatic heterocycles. The van der Waals surface area contributed by atoms with E-state index in [-0.39, 0.29) is 5.97 Å². The zero-order chi connectivity index (χ0) is 12.0. The lowest BCUT2D eigenvalue weighted by molar-refractivity contribution is -0.141. The fourth-order valence-corrected chi connectivity index (χ4v) is 1.56. The van der Waals surface area contributed by atoms with Gasteiger partial charge in [-0.05, 0) is 25.8 Å². The van der Waals surface area contributed by atoms with Crippen LogP contribution in [-0.4, -0.2) is 22.5 Å². The monoisotopic (exact) mass is 242 g/mol. The second-order valence-corrected chi connectivity index (χ2v) is 3.93. The van der Waals surface area contributed by atoms with E-state index in [4.69, 9.17) is 16.3 Å². The van der Waals surface area contributed by atoms with Crippen molar-refractivity contribution in [3.63, 3.8) is 0 Å². The smallest absolute Gasteiger partial charge is 0.302 e. The standard InChI is InChI=1S/C11H15ClN2O2/c1-8-7-10(12)14-11(13-8)5-3-4-6-16-9(2)15/h7H,3-6H2,1-2H3. The molecule has 0 unspecified atom stereocenters. The van der Waals surface area contributed by atoms with Gasteiger partial charge in [0.2, 0.25) is 0 Å². The molecular formula is C11H15ClN2O2. The number of hydrogen-bond donors (Lipinski definition) is 0. The highest BCUT2D eigenvalue weighted by atomic mass is 35.5. The summed E-state index contributed by atoms with van der Waals surface area (Å²) in [5.41, 5.74) is 0.870. The third kappa shape index (κ3) is 5.07. The molecule has 0 atom stereocenters. The van der Waals surface area contributed by atoms with E-state index in [2.05, 4.69) is 9.97 Å². The largest absolute Gasteiger partial charge is 0.466 e. The predicted molar refractivity (Wildman–Crippen MR) is 61.4 cm³/mol. The van der Waals surface area contributed by atoms with Gasteiger partial charge in [0.1, 0.15) is 11.0 Å². The zero-order valence-corrected chi connectivity index (χ0v) is 10.3. The van der Waals surface area contributed by atoms with E-state index in [9.17, 15) is 4.79 Å². The van der Waals surface area contributed by atoms with Crippen LogP contribution < -0.4 is 0 Å². The Morgan fingerprint density at radius 1 is 1.44 bits per heavy atom. The molecule has 1 rings (SSSR count). The van der Waals surface area contributed by atoms with Gasteiger partial charge in [0.05, 0.1) is 6.61 Å². The highest BCUT2D eigenvalue weighted by Gasteiger charge is 2.01. The van der Waals surface area contributed by atoms with Gasteiger partial charge in [-0.15, -0.1) is 0 Å². The molecule has 0 aliphatic rings. The third-order valence-corrected chi connectivity index (χ3v) is 2.16. The Morgan fingerprint density at radius 3 is 2.81 bits per heavy atom. The van der Waals surface area contributed by atoms with Crippen molar-refractivity contribution in [2.75, 3.05) is 6.61 Å². The fraction of sp³-hybridized carbons (Fsp3) is 0.545. The summed E-state index contributed by atoms with van der Waals surface area (Å²) in [7, 11) is 0. The van der Waals surface area contributed by atoms with Crippen molar-refractivity contribution in [2.24, 2.45) is 0 Å². The summed E-state index contributed by atoms with van der Waals surface area (Å²) in [5, 5.41) is 0.475. The van der Waals surface area contributed by atoms with Crippen molar-refractivity contribution in [3.05, 3.63) is 22.7 Å². The average Bonchev–Trinajstić information content (AvgIpc) is 2.15. The Balaban J connectivity index is 2.29. The molecule has 0 saturated heterocycles. The summed E-state index contributed by atoms with van der Waals surface area (Å²) in [6, 6.07) is 1.73. The second kappa shape index (κ2) is 6.43. The Labute approximate surface area is 100 Å². The number of esters is 1. The number of nitrogens with zero attached hydrogens (tertiary/aromatic N) is 2. The molecule has 0 aliphatic carbocycles. The predicted octanol–water partition coefficient (Wildman–Crippen LogP) is 2.32. The van der Waals surface area contributed by atoms with Crippen molar-refractivity contribution in [1.29, 1.82) is 0 Å². The SMILES string of the molecule is CC(=O)OCCCCc1nc(C)cc(Cl)n1. The highest BCUT2D eigenvalue weighted by molar-refractivity contribution is 6.29. The number of aryl methyl sites for hydroxylation is 2. The summed E-state index contributed by atoms with van der Waals surface area (Å²) in [6.45, 7) is 3.74. The summed E-state index contributed by atoms with van der Waals surface area (Å²) in [4.78, 5) is 18.9. The van der Waals surface area contributed by atoms with Gasteiger partial charge < -0.3 is 4.74 Å². The van der Waals surface area contributed by atoms with Gasteiger partial charge in [0.25, 0.3) is 0 Å². The molecule has 5 heteroatoms. The molecule has 4 nitrogen and oxygen atoms in total. The van der Waals surface area contributed by atoms with Crippen molar-refractivity contribution in [3.8, 4) is 0 Å². The fourth-order valence-electron chi connectivity index (χ4n) is 1.30. The van der Waals surface area contributed by atoms with Crippen molar-refractivity contribution < 1.29 is 9.53 Å². The second-order valence-electron chi connectivity index (χ2n) is 3.55. The van der Waals surface area contributed by atoms with Crippen LogP contribution in [0.5, 0.6) is 0 Å². The molecule has 0 fully saturated rings. The van der Waals surface area contributed by atoms with E-state index in [1.165, 1.54) is 6.92 Å². The van der Waals surface area contributed by atoms with Gasteiger partial charge in [0.15, 0.2) is 0 Å². The van der Waals surface area contributed by atoms with Gasteiger partial charge in [-0.3, -0.25) is 4.79 Å². The lowest BCUT2D eigenvalue weighted by Crippen LogP contribution is -2.02. The van der Waals surface area contributed by atoms with Crippen LogP contribution in [0.4, 0.5) is 0 Å². The number of hydrogen-bond acceptors (Lipinski definition) is 4. The number of ether oxygens (including phenoxy) is 1. The minimum absolute atomic E-state index is 0.241. The van der Waals surface area contributed by atoms with E-state index in [0.717, 1.165) is 30.8 Å². The van der Waals surface area contributed by atoms with Crippen LogP contribution in [0.25, 0.3) is 0 Å². The van der Waals surface area contributed by atoms with Gasteiger partial charge in [-0.1, -0.05) is 11.6 Å². The quantitative estimate of drug-likeness (QED) is 0.452. The molecule has 88 valence electrons. The normalized spacial score (nSPS) is 10.2. The molecule has 0 radical (unpaired) electrons. The first kappa shape index (κ1) is 12.9. The van der Waals surface area contributed by atoms with Gasteiger partial charge >= 0.3 is 5.97 Å². The lowest BCUT2D eigenvalue weighted by Gasteiger charge is -2.03. The lowest BCUT2D eigenvalue weighted by atomic mass is 10.2. The molecular weight excluding hydrogens is 228 g/mol. The van der Waals surface area contributed by atoms with Gasteiger partial charge in [-0.25, -0.2) is 9.97 Å². The first-order valence-electron chi connectivity index (χ1n) is 5.21. The molecule has 0 aliphatic heterocycles. The molecule has 0 N–H and O–H groups in total. The molecule has 1 aromatic rings. The van der Waals surface area contributed by atoms with Crippen LogP contribution in [0.15, 0.2) is 6.07 Å². The molecule has 1 heterocycles. The maximum atomic E-state index is 10.5. The van der Waals surface area contributed by atoms with Crippen LogP contribution in [0.2, 0.25) is 5.15 Å². The van der Waals surface area contributed by atoms with Crippen LogP contribution in [0, 0.1) is 6.92 Å². The third-order valence-electron chi connectivity index (χ3n) is 1.97. The van der Waals surface area contributed by atoms with Crippen LogP contribution in [0.1, 0.15) is 31.3 Å². The van der Waals surface area contributed by atoms with Gasteiger partial charge in [-0.2, -0.15) is 0 Å². The first-order valence-corrected chi connectivity index (χ1v) is 5.59. The summed E-state index contributed by atoms with van der Waals surface area (Å²) in [5.74, 6) is 0.502. The number of carbonyl (C=O) groups excluding carboxylic acids is 1. The number of unbranched alkanes of at least 4 members (excludes halogenated alkanes) is 1. The van der Waals surface area contributed by atoms with E-state index < -0.39 is 0 Å². The highest BCUT2D eigenvalue weighted by Crippen LogP contribution is 2.08. The molecule has 0 saturated carbocycles. The Hall–Kier alpha value is -1.16. The van der Waals surface area contributed by atoms with Crippen LogP contribution in [-0.2, 0) is 16.0 Å². The Kier molecular flexibility index (Phi) is 5.19. The number of rotatable bonds is 5. The van der Waals surface area contributed by atoms with E-state index in [1.54, 1.807) is 6.07 Å². The molecule has 0 amide bonds. The number of aromatic nitrogens is 2. The zero-order valence-electron chi connectivity index (χ0n) is 9.49. The van der Waals surface area contributed by atoms with E-state index >= 15 is 0 Å². The number of halogens is 1. The molecule has 0 spiro atoms. The van der Waals surface area contributed by atoms with Crippen molar-refractivity contribution in [2.45, 2.75) is 33.1 Å². The summed E-state index contributed by atoms with van der Waals surface area (Å²) >= 11 is 5.81. The maximum absolute atomic E-state index is 10.5. The van der Waals surface area contributed by atoms with E-state index in [0.29, 0.717) is 11.8 Å². The topological polar surface area (TPSA) is 52.1 Å². The van der Waals surface area contributed by atoms with Crippen molar-refractivity contribution in [1.82, 2.24) is 9.97 Å². The minimum Gasteiger partial charge on any atom is -0.466 e. The van der Waals surface area contributed by atoms with Crippen LogP contribution in [0.3, 0.4) is 0 Å². The maximum Gasteiger partial charge on any atom is 0.302 e. The molecule has 0 aromatic carbocycles. The minimum atomic E-state index is -0.241. The molecule has 0 bridgehead atoms. The average molecular weight is 243 g/mol. The van der Waals surface area contributed by atoms with Crippen LogP contribution >= 0.6 is 11.6 Å². The van der Waals surface area contributed by atoms with Gasteiger partial charge in [0, 0.05) is 19.0 Å². The van der Waals surface area contributed by atoms with Crippen molar-refractivity contribution >= 4 is 17.6 Å². The summed E-state index contributed by atoms with van der Waals surface area (Å²) in [6.07, 6.45) is 2.45. The van der Waals surface area contributed by atoms with E-state index in [1.807, 2.05) is 6.92 Å².